The van der Waals surface area contributed by atoms with Crippen LogP contribution in [-0.4, -0.2) is 26.9 Å². The van der Waals surface area contributed by atoms with Crippen LogP contribution in [0, 0.1) is 0 Å². The summed E-state index contributed by atoms with van der Waals surface area (Å²) in [5.41, 5.74) is 1.02. The van der Waals surface area contributed by atoms with Crippen molar-refractivity contribution >= 4 is 44.4 Å². The van der Waals surface area contributed by atoms with E-state index in [1.165, 1.54) is 12.4 Å². The van der Waals surface area contributed by atoms with Crippen LogP contribution in [0.15, 0.2) is 36.7 Å². The summed E-state index contributed by atoms with van der Waals surface area (Å²) >= 11 is 11.8. The maximum absolute atomic E-state index is 11.5. The van der Waals surface area contributed by atoms with Gasteiger partial charge >= 0.3 is 10.3 Å². The average molecular weight is 344 g/mol. The molecule has 0 unspecified atom stereocenters. The van der Waals surface area contributed by atoms with Crippen molar-refractivity contribution in [3.05, 3.63) is 47.0 Å². The lowest BCUT2D eigenvalue weighted by molar-refractivity contribution is 0.474. The summed E-state index contributed by atoms with van der Waals surface area (Å²) in [5, 5.41) is 0.766. The van der Waals surface area contributed by atoms with E-state index in [4.69, 9.17) is 23.2 Å². The maximum atomic E-state index is 11.5. The van der Waals surface area contributed by atoms with Crippen LogP contribution in [0.5, 0.6) is 0 Å². The van der Waals surface area contributed by atoms with Crippen LogP contribution in [0.1, 0.15) is 0 Å². The van der Waals surface area contributed by atoms with Crippen molar-refractivity contribution < 1.29 is 13.0 Å². The van der Waals surface area contributed by atoms with E-state index < -0.39 is 10.3 Å². The van der Waals surface area contributed by atoms with Crippen molar-refractivity contribution in [1.82, 2.24) is 13.9 Å². The molecule has 0 atom stereocenters. The number of hydrogen-bond acceptors (Lipinski definition) is 4. The zero-order valence-electron chi connectivity index (χ0n) is 10.2. The van der Waals surface area contributed by atoms with E-state index in [1.54, 1.807) is 24.3 Å². The molecule has 0 aliphatic rings. The summed E-state index contributed by atoms with van der Waals surface area (Å²) in [6.45, 7) is 0. The standard InChI is InChI=1S/C12H7Cl2N3O3S/c13-9-5-15-12(14)16-11(9)8-6-17(21(18,19)20)10-4-2-1-3-7(8)10/h1-6H,(H,18,19,20). The number of para-hydroxylation sites is 1. The van der Waals surface area contributed by atoms with Crippen LogP contribution in [0.2, 0.25) is 10.3 Å². The van der Waals surface area contributed by atoms with Crippen LogP contribution in [0.3, 0.4) is 0 Å². The van der Waals surface area contributed by atoms with Crippen LogP contribution in [0.4, 0.5) is 0 Å². The first kappa shape index (κ1) is 14.3. The SMILES string of the molecule is O=S(=O)(O)n1cc(-c2nc(Cl)ncc2Cl)c2ccccc21. The fourth-order valence-corrected chi connectivity index (χ4v) is 3.04. The molecule has 2 aromatic heterocycles. The van der Waals surface area contributed by atoms with E-state index in [-0.39, 0.29) is 16.0 Å². The molecule has 0 radical (unpaired) electrons. The van der Waals surface area contributed by atoms with Crippen LogP contribution < -0.4 is 0 Å². The number of benzene rings is 1. The largest absolute Gasteiger partial charge is 0.363 e. The summed E-state index contributed by atoms with van der Waals surface area (Å²) in [6.07, 6.45) is 2.57. The van der Waals surface area contributed by atoms with E-state index in [1.807, 2.05) is 0 Å². The molecule has 0 aliphatic heterocycles. The first-order valence-corrected chi connectivity index (χ1v) is 7.79. The second-order valence-corrected chi connectivity index (χ2v) is 6.20. The number of halogens is 2. The Labute approximate surface area is 129 Å². The molecule has 0 fully saturated rings. The van der Waals surface area contributed by atoms with Gasteiger partial charge < -0.3 is 0 Å². The Balaban J connectivity index is 2.42. The van der Waals surface area contributed by atoms with Crippen molar-refractivity contribution in [2.45, 2.75) is 0 Å². The normalized spacial score (nSPS) is 12.0. The second kappa shape index (κ2) is 4.96. The molecule has 2 heterocycles. The van der Waals surface area contributed by atoms with Crippen LogP contribution >= 0.6 is 23.2 Å². The Bertz CT molecular complexity index is 954. The third-order valence-corrected chi connectivity index (χ3v) is 4.15. The zero-order chi connectivity index (χ0) is 15.2. The fraction of sp³-hybridized carbons (Fsp3) is 0. The van der Waals surface area contributed by atoms with Gasteiger partial charge in [-0.05, 0) is 17.7 Å². The number of nitrogens with zero attached hydrogens (tertiary/aromatic N) is 3. The second-order valence-electron chi connectivity index (χ2n) is 4.17. The van der Waals surface area contributed by atoms with E-state index >= 15 is 0 Å². The van der Waals surface area contributed by atoms with Gasteiger partial charge in [0.2, 0.25) is 5.28 Å². The first-order chi connectivity index (χ1) is 9.88. The van der Waals surface area contributed by atoms with Crippen molar-refractivity contribution in [3.8, 4) is 11.3 Å². The predicted molar refractivity (Wildman–Crippen MR) is 79.9 cm³/mol. The predicted octanol–water partition coefficient (Wildman–Crippen LogP) is 3.06. The summed E-state index contributed by atoms with van der Waals surface area (Å²) in [4.78, 5) is 7.77. The monoisotopic (exact) mass is 343 g/mol. The van der Waals surface area contributed by atoms with Crippen molar-refractivity contribution in [2.24, 2.45) is 0 Å². The molecular weight excluding hydrogens is 337 g/mol. The molecule has 0 saturated heterocycles. The van der Waals surface area contributed by atoms with E-state index in [2.05, 4.69) is 9.97 Å². The third-order valence-electron chi connectivity index (χ3n) is 2.90. The highest BCUT2D eigenvalue weighted by Gasteiger charge is 2.19. The first-order valence-electron chi connectivity index (χ1n) is 5.64. The highest BCUT2D eigenvalue weighted by atomic mass is 35.5. The highest BCUT2D eigenvalue weighted by molar-refractivity contribution is 7.84. The molecule has 0 aliphatic carbocycles. The summed E-state index contributed by atoms with van der Waals surface area (Å²) in [7, 11) is -4.44. The Hall–Kier alpha value is -1.67. The fourth-order valence-electron chi connectivity index (χ4n) is 2.06. The van der Waals surface area contributed by atoms with Gasteiger partial charge in [0.05, 0.1) is 22.4 Å². The molecule has 9 heteroatoms. The van der Waals surface area contributed by atoms with Crippen molar-refractivity contribution in [3.63, 3.8) is 0 Å². The molecule has 3 aromatic rings. The average Bonchev–Trinajstić information content (AvgIpc) is 2.81. The van der Waals surface area contributed by atoms with Crippen molar-refractivity contribution in [1.29, 1.82) is 0 Å². The highest BCUT2D eigenvalue weighted by Crippen LogP contribution is 2.34. The molecule has 1 N–H and O–H groups in total. The summed E-state index contributed by atoms with van der Waals surface area (Å²) in [6, 6.07) is 6.64. The lowest BCUT2D eigenvalue weighted by Crippen LogP contribution is -2.08. The van der Waals surface area contributed by atoms with Crippen LogP contribution in [0.25, 0.3) is 22.2 Å². The molecule has 6 nitrogen and oxygen atoms in total. The minimum absolute atomic E-state index is 0.0157. The summed E-state index contributed by atoms with van der Waals surface area (Å²) < 4.78 is 33.0. The molecule has 0 amide bonds. The van der Waals surface area contributed by atoms with Gasteiger partial charge in [-0.1, -0.05) is 29.8 Å². The molecule has 21 heavy (non-hydrogen) atoms. The van der Waals surface area contributed by atoms with E-state index in [0.29, 0.717) is 16.5 Å². The molecule has 0 saturated carbocycles. The Kier molecular flexibility index (Phi) is 3.37. The minimum Gasteiger partial charge on any atom is -0.269 e. The topological polar surface area (TPSA) is 85.1 Å². The third kappa shape index (κ3) is 2.49. The Morgan fingerprint density at radius 2 is 1.90 bits per heavy atom. The number of hydrogen-bond donors (Lipinski definition) is 1. The Morgan fingerprint density at radius 1 is 1.19 bits per heavy atom. The summed E-state index contributed by atoms with van der Waals surface area (Å²) in [5.74, 6) is 0. The zero-order valence-corrected chi connectivity index (χ0v) is 12.6. The smallest absolute Gasteiger partial charge is 0.269 e. The maximum Gasteiger partial charge on any atom is 0.363 e. The van der Waals surface area contributed by atoms with Gasteiger partial charge in [0.25, 0.3) is 0 Å². The number of rotatable bonds is 2. The van der Waals surface area contributed by atoms with Gasteiger partial charge in [-0.25, -0.2) is 13.9 Å². The Morgan fingerprint density at radius 3 is 2.62 bits per heavy atom. The minimum atomic E-state index is -4.44. The molecule has 108 valence electrons. The molecule has 1 aromatic carbocycles. The van der Waals surface area contributed by atoms with Gasteiger partial charge in [-0.2, -0.15) is 8.42 Å². The van der Waals surface area contributed by atoms with Crippen molar-refractivity contribution in [2.75, 3.05) is 0 Å². The lowest BCUT2D eigenvalue weighted by Gasteiger charge is -2.01. The van der Waals surface area contributed by atoms with Gasteiger partial charge in [0, 0.05) is 17.1 Å². The van der Waals surface area contributed by atoms with Gasteiger partial charge in [0.15, 0.2) is 0 Å². The molecule has 0 spiro atoms. The van der Waals surface area contributed by atoms with Gasteiger partial charge in [0.1, 0.15) is 0 Å². The van der Waals surface area contributed by atoms with Crippen LogP contribution in [-0.2, 0) is 10.3 Å². The molecule has 3 rings (SSSR count). The van der Waals surface area contributed by atoms with E-state index in [9.17, 15) is 13.0 Å². The number of aromatic nitrogens is 3. The van der Waals surface area contributed by atoms with E-state index in [0.717, 1.165) is 3.97 Å². The van der Waals surface area contributed by atoms with Gasteiger partial charge in [-0.15, -0.1) is 0 Å². The lowest BCUT2D eigenvalue weighted by atomic mass is 10.1. The number of fused-ring (bicyclic) bond motifs is 1. The molecular formula is C12H7Cl2N3O3S. The van der Waals surface area contributed by atoms with Gasteiger partial charge in [-0.3, -0.25) is 4.55 Å². The molecule has 0 bridgehead atoms. The quantitative estimate of drug-likeness (QED) is 0.570.